The Labute approximate surface area is 291 Å². The zero-order chi connectivity index (χ0) is 37.6. The molecule has 2 aliphatic carbocycles. The van der Waals surface area contributed by atoms with Crippen molar-refractivity contribution < 1.29 is 67.0 Å². The molecule has 50 heavy (non-hydrogen) atoms. The van der Waals surface area contributed by atoms with Crippen LogP contribution < -0.4 is 0 Å². The van der Waals surface area contributed by atoms with E-state index in [4.69, 9.17) is 33.2 Å². The standard InChI is InChI=1S/C36H48O14/c1-18(2)30(40)44-17-35-27(46-21(6)38)24(45-20(5)37)16-34(10,43)36(35)28(47-22(7)39)25(33(8,9)50-36)26(48-31(41)19(3)4)29(35)49-32(42)23-14-12-11-13-15-23/h11-15,18-19,24-29,43H,16-17H2,1-10H3/t24-,25+,26-,27-,28+,29-,34+,35+,36-/m0/s1. The monoisotopic (exact) mass is 704 g/mol. The molecule has 0 amide bonds. The highest BCUT2D eigenvalue weighted by atomic mass is 16.7. The van der Waals surface area contributed by atoms with Crippen molar-refractivity contribution in [3.8, 4) is 0 Å². The van der Waals surface area contributed by atoms with Crippen molar-refractivity contribution >= 4 is 35.8 Å². The number of ether oxygens (including phenoxy) is 7. The molecule has 2 bridgehead atoms. The molecule has 14 nitrogen and oxygen atoms in total. The SMILES string of the molecule is CC(=O)O[C@H]1C[C@@](C)(O)[C@]23OC(C)(C)[C@H]([C@H](OC(=O)C(C)C)[C@H](OC(=O)c4ccccc4)[C@@]2(COC(=O)C(C)C)[C@H]1OC(C)=O)[C@H]3OC(C)=O. The van der Waals surface area contributed by atoms with Gasteiger partial charge in [0.05, 0.1) is 34.5 Å². The lowest BCUT2D eigenvalue weighted by Gasteiger charge is -2.66. The molecule has 1 saturated heterocycles. The Morgan fingerprint density at radius 1 is 0.760 bits per heavy atom. The molecule has 14 heteroatoms. The summed E-state index contributed by atoms with van der Waals surface area (Å²) in [5.41, 5.74) is -8.01. The molecule has 276 valence electrons. The number of fused-ring (bicyclic) bond motifs is 1. The van der Waals surface area contributed by atoms with E-state index >= 15 is 0 Å². The molecule has 3 aliphatic rings. The second-order valence-electron chi connectivity index (χ2n) is 14.7. The number of carbonyl (C=O) groups is 6. The molecule has 3 fully saturated rings. The number of rotatable bonds is 10. The van der Waals surface area contributed by atoms with E-state index in [2.05, 4.69) is 0 Å². The first-order valence-corrected chi connectivity index (χ1v) is 16.7. The van der Waals surface area contributed by atoms with Crippen molar-refractivity contribution in [2.75, 3.05) is 6.61 Å². The predicted octanol–water partition coefficient (Wildman–Crippen LogP) is 3.09. The fraction of sp³-hybridized carbons (Fsp3) is 0.667. The molecule has 1 N–H and O–H groups in total. The maximum Gasteiger partial charge on any atom is 0.338 e. The van der Waals surface area contributed by atoms with Crippen LogP contribution in [-0.4, -0.2) is 94.9 Å². The number of hydrogen-bond acceptors (Lipinski definition) is 14. The molecule has 1 aromatic carbocycles. The van der Waals surface area contributed by atoms with E-state index in [1.54, 1.807) is 59.7 Å². The summed E-state index contributed by atoms with van der Waals surface area (Å²) in [6.07, 6.45) is -8.36. The minimum atomic E-state index is -2.28. The highest BCUT2D eigenvalue weighted by Crippen LogP contribution is 2.69. The second kappa shape index (κ2) is 13.9. The molecule has 4 rings (SSSR count). The number of hydrogen-bond donors (Lipinski definition) is 1. The summed E-state index contributed by atoms with van der Waals surface area (Å²) < 4.78 is 43.1. The van der Waals surface area contributed by atoms with Crippen LogP contribution >= 0.6 is 0 Å². The van der Waals surface area contributed by atoms with Gasteiger partial charge in [0.2, 0.25) is 0 Å². The van der Waals surface area contributed by atoms with Crippen molar-refractivity contribution in [3.05, 3.63) is 35.9 Å². The maximum absolute atomic E-state index is 14.1. The molecule has 9 atom stereocenters. The average Bonchev–Trinajstić information content (AvgIpc) is 3.20. The lowest BCUT2D eigenvalue weighted by Crippen LogP contribution is -2.85. The fourth-order valence-electron chi connectivity index (χ4n) is 8.03. The van der Waals surface area contributed by atoms with Crippen LogP contribution in [0.25, 0.3) is 0 Å². The third-order valence-corrected chi connectivity index (χ3v) is 9.84. The van der Waals surface area contributed by atoms with Gasteiger partial charge in [0.25, 0.3) is 0 Å². The minimum absolute atomic E-state index is 0.0857. The summed E-state index contributed by atoms with van der Waals surface area (Å²) in [5.74, 6) is -7.39. The topological polar surface area (TPSA) is 187 Å². The highest BCUT2D eigenvalue weighted by Gasteiger charge is 2.89. The Kier molecular flexibility index (Phi) is 10.8. The van der Waals surface area contributed by atoms with Crippen LogP contribution in [0.1, 0.15) is 86.0 Å². The lowest BCUT2D eigenvalue weighted by atomic mass is 9.45. The lowest BCUT2D eigenvalue weighted by molar-refractivity contribution is -0.363. The summed E-state index contributed by atoms with van der Waals surface area (Å²) in [6, 6.07) is 7.87. The van der Waals surface area contributed by atoms with Crippen LogP contribution in [0.4, 0.5) is 0 Å². The second-order valence-corrected chi connectivity index (χ2v) is 14.7. The van der Waals surface area contributed by atoms with Gasteiger partial charge in [-0.25, -0.2) is 4.79 Å². The quantitative estimate of drug-likeness (QED) is 0.276. The summed E-state index contributed by atoms with van der Waals surface area (Å²) in [7, 11) is 0. The summed E-state index contributed by atoms with van der Waals surface area (Å²) in [4.78, 5) is 79.5. The molecule has 0 unspecified atom stereocenters. The van der Waals surface area contributed by atoms with Crippen LogP contribution in [0.15, 0.2) is 30.3 Å². The van der Waals surface area contributed by atoms with Gasteiger partial charge in [-0.15, -0.1) is 0 Å². The van der Waals surface area contributed by atoms with Gasteiger partial charge in [0.15, 0.2) is 17.8 Å². The molecule has 0 radical (unpaired) electrons. The molecular formula is C36H48O14. The van der Waals surface area contributed by atoms with Gasteiger partial charge in [0.1, 0.15) is 30.3 Å². The van der Waals surface area contributed by atoms with E-state index in [1.165, 1.54) is 19.1 Å². The smallest absolute Gasteiger partial charge is 0.338 e. The molecule has 1 aliphatic heterocycles. The Bertz CT molecular complexity index is 1500. The third kappa shape index (κ3) is 6.59. The van der Waals surface area contributed by atoms with Crippen molar-refractivity contribution in [2.45, 2.75) is 123 Å². The Morgan fingerprint density at radius 2 is 1.30 bits per heavy atom. The number of aliphatic hydroxyl groups is 1. The third-order valence-electron chi connectivity index (χ3n) is 9.84. The zero-order valence-electron chi connectivity index (χ0n) is 30.2. The maximum atomic E-state index is 14.1. The first-order valence-electron chi connectivity index (χ1n) is 16.7. The van der Waals surface area contributed by atoms with Crippen molar-refractivity contribution in [1.82, 2.24) is 0 Å². The van der Waals surface area contributed by atoms with Gasteiger partial charge in [0, 0.05) is 27.2 Å². The Hall–Kier alpha value is -4.04. The van der Waals surface area contributed by atoms with Crippen LogP contribution in [0.5, 0.6) is 0 Å². The van der Waals surface area contributed by atoms with Crippen LogP contribution in [-0.2, 0) is 57.1 Å². The van der Waals surface area contributed by atoms with Crippen LogP contribution in [0.3, 0.4) is 0 Å². The number of carbonyl (C=O) groups excluding carboxylic acids is 6. The summed E-state index contributed by atoms with van der Waals surface area (Å²) in [6.45, 7) is 13.5. The van der Waals surface area contributed by atoms with E-state index < -0.39 is 119 Å². The highest BCUT2D eigenvalue weighted by molar-refractivity contribution is 5.89. The first-order chi connectivity index (χ1) is 23.1. The minimum Gasteiger partial charge on any atom is -0.464 e. The van der Waals surface area contributed by atoms with Crippen molar-refractivity contribution in [2.24, 2.45) is 23.2 Å². The summed E-state index contributed by atoms with van der Waals surface area (Å²) in [5, 5.41) is 12.7. The van der Waals surface area contributed by atoms with E-state index in [0.717, 1.165) is 20.8 Å². The van der Waals surface area contributed by atoms with E-state index in [9.17, 15) is 33.9 Å². The van der Waals surface area contributed by atoms with Gasteiger partial charge in [-0.1, -0.05) is 45.9 Å². The molecule has 0 aromatic heterocycles. The van der Waals surface area contributed by atoms with Gasteiger partial charge >= 0.3 is 35.8 Å². The number of esters is 6. The van der Waals surface area contributed by atoms with Crippen molar-refractivity contribution in [1.29, 1.82) is 0 Å². The molecule has 1 spiro atoms. The molecular weight excluding hydrogens is 656 g/mol. The van der Waals surface area contributed by atoms with Crippen LogP contribution in [0, 0.1) is 23.2 Å². The van der Waals surface area contributed by atoms with Crippen molar-refractivity contribution in [3.63, 3.8) is 0 Å². The normalized spacial score (nSPS) is 33.9. The Balaban J connectivity index is 2.20. The predicted molar refractivity (Wildman–Crippen MR) is 172 cm³/mol. The van der Waals surface area contributed by atoms with E-state index in [1.807, 2.05) is 0 Å². The van der Waals surface area contributed by atoms with Gasteiger partial charge in [-0.2, -0.15) is 0 Å². The first kappa shape index (κ1) is 38.8. The van der Waals surface area contributed by atoms with E-state index in [0.29, 0.717) is 0 Å². The largest absolute Gasteiger partial charge is 0.464 e. The van der Waals surface area contributed by atoms with Gasteiger partial charge in [-0.3, -0.25) is 24.0 Å². The number of benzene rings is 1. The summed E-state index contributed by atoms with van der Waals surface area (Å²) >= 11 is 0. The van der Waals surface area contributed by atoms with Crippen LogP contribution in [0.2, 0.25) is 0 Å². The fourth-order valence-corrected chi connectivity index (χ4v) is 8.03. The van der Waals surface area contributed by atoms with Gasteiger partial charge < -0.3 is 38.3 Å². The average molecular weight is 705 g/mol. The zero-order valence-corrected chi connectivity index (χ0v) is 30.2. The molecule has 2 saturated carbocycles. The van der Waals surface area contributed by atoms with Gasteiger partial charge in [-0.05, 0) is 32.9 Å². The molecule has 1 heterocycles. The molecule has 1 aromatic rings. The Morgan fingerprint density at radius 3 is 1.82 bits per heavy atom. The van der Waals surface area contributed by atoms with E-state index in [-0.39, 0.29) is 5.56 Å².